The number of methoxy groups -OCH3 is 1. The number of ether oxygens (including phenoxy) is 1. The molecule has 1 aromatic rings. The van der Waals surface area contributed by atoms with Gasteiger partial charge in [-0.25, -0.2) is 4.90 Å². The molecule has 2 rings (SSSR count). The van der Waals surface area contributed by atoms with Crippen LogP contribution in [0.2, 0.25) is 0 Å². The van der Waals surface area contributed by atoms with Crippen LogP contribution in [0, 0.1) is 0 Å². The Morgan fingerprint density at radius 3 is 2.58 bits per heavy atom. The molecule has 0 aromatic heterocycles. The number of amides is 2. The van der Waals surface area contributed by atoms with E-state index in [0.29, 0.717) is 24.4 Å². The Balaban J connectivity index is 1.83. The number of imide groups is 1. The highest BCUT2D eigenvalue weighted by Gasteiger charge is 2.39. The summed E-state index contributed by atoms with van der Waals surface area (Å²) in [5.74, 6) is -0.618. The largest absolute Gasteiger partial charge is 0.497 e. The normalized spacial score (nSPS) is 17.4. The Bertz CT molecular complexity index is 600. The predicted molar refractivity (Wildman–Crippen MR) is 88.0 cm³/mol. The lowest BCUT2D eigenvalue weighted by Gasteiger charge is -2.16. The Morgan fingerprint density at radius 2 is 1.96 bits per heavy atom. The molecule has 0 aliphatic carbocycles. The van der Waals surface area contributed by atoms with Crippen LogP contribution in [-0.4, -0.2) is 42.6 Å². The van der Waals surface area contributed by atoms with Crippen molar-refractivity contribution in [1.29, 1.82) is 0 Å². The number of hydrogen-bond donors (Lipinski definition) is 2. The van der Waals surface area contributed by atoms with E-state index in [1.54, 1.807) is 31.4 Å². The second kappa shape index (κ2) is 8.44. The van der Waals surface area contributed by atoms with Crippen molar-refractivity contribution >= 4 is 23.5 Å². The van der Waals surface area contributed by atoms with Crippen LogP contribution in [-0.2, 0) is 14.4 Å². The summed E-state index contributed by atoms with van der Waals surface area (Å²) < 4.78 is 5.07. The number of carbonyl (C=O) groups excluding carboxylic acids is 2. The van der Waals surface area contributed by atoms with Crippen LogP contribution in [0.25, 0.3) is 0 Å². The van der Waals surface area contributed by atoms with Gasteiger partial charge in [-0.1, -0.05) is 6.42 Å². The van der Waals surface area contributed by atoms with E-state index in [1.807, 2.05) is 0 Å². The molecule has 24 heavy (non-hydrogen) atoms. The van der Waals surface area contributed by atoms with Gasteiger partial charge in [0.2, 0.25) is 5.91 Å². The summed E-state index contributed by atoms with van der Waals surface area (Å²) in [6, 6.07) is 6.27. The quantitative estimate of drug-likeness (QED) is 0.525. The maximum Gasteiger partial charge on any atom is 0.303 e. The Labute approximate surface area is 140 Å². The molecule has 0 unspecified atom stereocenters. The number of nitrogens with one attached hydrogen (secondary N) is 1. The third kappa shape index (κ3) is 4.55. The number of benzene rings is 1. The molecular weight excluding hydrogens is 312 g/mol. The predicted octanol–water partition coefficient (Wildman–Crippen LogP) is 1.56. The van der Waals surface area contributed by atoms with Gasteiger partial charge in [0, 0.05) is 6.42 Å². The molecule has 1 aliphatic heterocycles. The van der Waals surface area contributed by atoms with Crippen molar-refractivity contribution in [2.24, 2.45) is 0 Å². The molecule has 0 radical (unpaired) electrons. The highest BCUT2D eigenvalue weighted by molar-refractivity contribution is 6.22. The number of carboxylic acids is 1. The van der Waals surface area contributed by atoms with Crippen molar-refractivity contribution in [3.05, 3.63) is 24.3 Å². The summed E-state index contributed by atoms with van der Waals surface area (Å²) in [6.07, 6.45) is 2.46. The molecule has 0 spiro atoms. The zero-order chi connectivity index (χ0) is 17.5. The fraction of sp³-hybridized carbons (Fsp3) is 0.471. The van der Waals surface area contributed by atoms with E-state index >= 15 is 0 Å². The first-order valence-corrected chi connectivity index (χ1v) is 7.99. The third-order valence-corrected chi connectivity index (χ3v) is 3.94. The molecule has 7 heteroatoms. The smallest absolute Gasteiger partial charge is 0.303 e. The van der Waals surface area contributed by atoms with Crippen molar-refractivity contribution in [3.63, 3.8) is 0 Å². The molecule has 0 bridgehead atoms. The molecule has 1 heterocycles. The zero-order valence-corrected chi connectivity index (χ0v) is 13.7. The minimum atomic E-state index is -0.797. The van der Waals surface area contributed by atoms with Crippen molar-refractivity contribution in [3.8, 4) is 5.75 Å². The summed E-state index contributed by atoms with van der Waals surface area (Å²) in [7, 11) is 1.55. The van der Waals surface area contributed by atoms with Crippen LogP contribution in [0.4, 0.5) is 5.69 Å². The summed E-state index contributed by atoms with van der Waals surface area (Å²) in [5.41, 5.74) is 0.538. The first-order valence-electron chi connectivity index (χ1n) is 7.99. The summed E-state index contributed by atoms with van der Waals surface area (Å²) in [4.78, 5) is 36.2. The maximum absolute atomic E-state index is 12.4. The summed E-state index contributed by atoms with van der Waals surface area (Å²) in [6.45, 7) is 0.583. The molecule has 1 fully saturated rings. The lowest BCUT2D eigenvalue weighted by atomic mass is 10.2. The number of unbranched alkanes of at least 4 members (excludes halogenated alkanes) is 2. The molecule has 1 saturated heterocycles. The van der Waals surface area contributed by atoms with Crippen LogP contribution in [0.3, 0.4) is 0 Å². The Kier molecular flexibility index (Phi) is 6.31. The molecule has 7 nitrogen and oxygen atoms in total. The molecule has 1 aromatic carbocycles. The maximum atomic E-state index is 12.4. The lowest BCUT2D eigenvalue weighted by Crippen LogP contribution is -2.39. The Morgan fingerprint density at radius 1 is 1.25 bits per heavy atom. The number of hydrogen-bond acceptors (Lipinski definition) is 5. The van der Waals surface area contributed by atoms with Gasteiger partial charge in [-0.2, -0.15) is 0 Å². The number of carbonyl (C=O) groups is 3. The fourth-order valence-electron chi connectivity index (χ4n) is 2.65. The second-order valence-electron chi connectivity index (χ2n) is 5.68. The van der Waals surface area contributed by atoms with Crippen LogP contribution in [0.1, 0.15) is 32.1 Å². The second-order valence-corrected chi connectivity index (χ2v) is 5.68. The average Bonchev–Trinajstić information content (AvgIpc) is 2.84. The standard InChI is InChI=1S/C17H22N2O5/c1-24-13-8-6-12(7-9-13)19-15(20)11-14(17(19)23)18-10-4-2-3-5-16(21)22/h6-9,14,18H,2-5,10-11H2,1H3,(H,21,22)/t14-/m0/s1. The van der Waals surface area contributed by atoms with Gasteiger partial charge in [-0.3, -0.25) is 14.4 Å². The zero-order valence-electron chi connectivity index (χ0n) is 13.7. The van der Waals surface area contributed by atoms with Gasteiger partial charge in [0.25, 0.3) is 5.91 Å². The van der Waals surface area contributed by atoms with E-state index < -0.39 is 12.0 Å². The highest BCUT2D eigenvalue weighted by atomic mass is 16.5. The van der Waals surface area contributed by atoms with Crippen molar-refractivity contribution < 1.29 is 24.2 Å². The summed E-state index contributed by atoms with van der Waals surface area (Å²) >= 11 is 0. The van der Waals surface area contributed by atoms with Crippen molar-refractivity contribution in [1.82, 2.24) is 5.32 Å². The molecule has 1 aliphatic rings. The van der Waals surface area contributed by atoms with E-state index in [2.05, 4.69) is 5.32 Å². The van der Waals surface area contributed by atoms with Gasteiger partial charge >= 0.3 is 5.97 Å². The van der Waals surface area contributed by atoms with Gasteiger partial charge in [0.15, 0.2) is 0 Å². The van der Waals surface area contributed by atoms with Crippen molar-refractivity contribution in [2.45, 2.75) is 38.1 Å². The van der Waals surface area contributed by atoms with Gasteiger partial charge in [0.05, 0.1) is 25.3 Å². The first-order chi connectivity index (χ1) is 11.5. The monoisotopic (exact) mass is 334 g/mol. The van der Waals surface area contributed by atoms with Gasteiger partial charge in [0.1, 0.15) is 5.75 Å². The molecule has 1 atom stereocenters. The molecular formula is C17H22N2O5. The first kappa shape index (κ1) is 17.9. The SMILES string of the molecule is COc1ccc(N2C(=O)C[C@H](NCCCCCC(=O)O)C2=O)cc1. The van der Waals surface area contributed by atoms with Crippen LogP contribution in [0.5, 0.6) is 5.75 Å². The van der Waals surface area contributed by atoms with Crippen LogP contribution >= 0.6 is 0 Å². The van der Waals surface area contributed by atoms with E-state index in [0.717, 1.165) is 12.8 Å². The van der Waals surface area contributed by atoms with Crippen LogP contribution < -0.4 is 15.0 Å². The summed E-state index contributed by atoms with van der Waals surface area (Å²) in [5, 5.41) is 11.7. The lowest BCUT2D eigenvalue weighted by molar-refractivity contribution is -0.137. The average molecular weight is 334 g/mol. The number of rotatable bonds is 9. The fourth-order valence-corrected chi connectivity index (χ4v) is 2.65. The number of aliphatic carboxylic acids is 1. The van der Waals surface area contributed by atoms with E-state index in [4.69, 9.17) is 9.84 Å². The highest BCUT2D eigenvalue weighted by Crippen LogP contribution is 2.25. The minimum Gasteiger partial charge on any atom is -0.497 e. The molecule has 130 valence electrons. The molecule has 2 N–H and O–H groups in total. The van der Waals surface area contributed by atoms with Gasteiger partial charge in [-0.15, -0.1) is 0 Å². The van der Waals surface area contributed by atoms with E-state index in [1.165, 1.54) is 4.90 Å². The van der Waals surface area contributed by atoms with E-state index in [9.17, 15) is 14.4 Å². The topological polar surface area (TPSA) is 95.9 Å². The van der Waals surface area contributed by atoms with Gasteiger partial charge in [-0.05, 0) is 43.7 Å². The Hall–Kier alpha value is -2.41. The van der Waals surface area contributed by atoms with Crippen LogP contribution in [0.15, 0.2) is 24.3 Å². The third-order valence-electron chi connectivity index (χ3n) is 3.94. The number of anilines is 1. The minimum absolute atomic E-state index is 0.139. The molecule has 0 saturated carbocycles. The van der Waals surface area contributed by atoms with Gasteiger partial charge < -0.3 is 15.2 Å². The van der Waals surface area contributed by atoms with Crippen molar-refractivity contribution in [2.75, 3.05) is 18.6 Å². The number of nitrogens with zero attached hydrogens (tertiary/aromatic N) is 1. The molecule has 2 amide bonds. The number of carboxylic acid groups (broad SMARTS) is 1. The van der Waals surface area contributed by atoms with E-state index in [-0.39, 0.29) is 24.7 Å².